The summed E-state index contributed by atoms with van der Waals surface area (Å²) in [5.41, 5.74) is 1.59. The van der Waals surface area contributed by atoms with Crippen LogP contribution in [0.3, 0.4) is 0 Å². The van der Waals surface area contributed by atoms with E-state index in [1.807, 2.05) is 0 Å². The third-order valence-corrected chi connectivity index (χ3v) is 5.68. The fourth-order valence-corrected chi connectivity index (χ4v) is 4.02. The second-order valence-corrected chi connectivity index (χ2v) is 7.30. The van der Waals surface area contributed by atoms with E-state index in [1.54, 1.807) is 36.4 Å². The molecule has 1 fully saturated rings. The monoisotopic (exact) mass is 410 g/mol. The molecule has 156 valence electrons. The summed E-state index contributed by atoms with van der Waals surface area (Å²) < 4.78 is 10.3. The molecule has 2 aromatic carbocycles. The number of benzene rings is 2. The van der Waals surface area contributed by atoms with E-state index in [4.69, 9.17) is 9.47 Å². The van der Waals surface area contributed by atoms with Crippen LogP contribution in [-0.2, 0) is 0 Å². The molecule has 3 rings (SSSR count). The molecule has 0 bridgehead atoms. The highest BCUT2D eigenvalue weighted by Gasteiger charge is 2.35. The highest BCUT2D eigenvalue weighted by molar-refractivity contribution is 5.44. The number of piperazine rings is 1. The first-order valence-electron chi connectivity index (χ1n) is 9.74. The average molecular weight is 410 g/mol. The predicted molar refractivity (Wildman–Crippen MR) is 107 cm³/mol. The first kappa shape index (κ1) is 21.3. The van der Waals surface area contributed by atoms with Gasteiger partial charge in [0.05, 0.1) is 14.2 Å². The Balaban J connectivity index is 1.73. The van der Waals surface area contributed by atoms with Crippen molar-refractivity contribution >= 4 is 0 Å². The lowest BCUT2D eigenvalue weighted by atomic mass is 10.0. The van der Waals surface area contributed by atoms with E-state index in [2.05, 4.69) is 12.1 Å². The third-order valence-electron chi connectivity index (χ3n) is 5.68. The van der Waals surface area contributed by atoms with Crippen molar-refractivity contribution in [2.45, 2.75) is 12.1 Å². The topological polar surface area (TPSA) is 115 Å². The molecule has 2 unspecified atom stereocenters. The maximum absolute atomic E-state index is 9.81. The fraction of sp³-hybridized carbons (Fsp3) is 0.364. The first-order valence-corrected chi connectivity index (χ1v) is 9.74. The van der Waals surface area contributed by atoms with Crippen LogP contribution in [0.4, 0.5) is 0 Å². The molecule has 1 saturated heterocycles. The van der Waals surface area contributed by atoms with Gasteiger partial charge in [0.1, 0.15) is 38.3 Å². The van der Waals surface area contributed by atoms with Crippen molar-refractivity contribution in [3.63, 3.8) is 0 Å². The molecule has 0 spiro atoms. The zero-order valence-corrected chi connectivity index (χ0v) is 17.1. The number of nitriles is 2. The molecule has 1 heterocycles. The van der Waals surface area contributed by atoms with Crippen LogP contribution in [0.25, 0.3) is 0 Å². The van der Waals surface area contributed by atoms with Crippen molar-refractivity contribution in [3.8, 4) is 35.1 Å². The lowest BCUT2D eigenvalue weighted by Gasteiger charge is -2.34. The van der Waals surface area contributed by atoms with Gasteiger partial charge in [0, 0.05) is 11.1 Å². The van der Waals surface area contributed by atoms with Crippen LogP contribution in [0, 0.1) is 22.7 Å². The molecule has 2 atom stereocenters. The maximum Gasteiger partial charge on any atom is 0.201 e. The summed E-state index contributed by atoms with van der Waals surface area (Å²) in [5, 5.41) is 39.2. The van der Waals surface area contributed by atoms with E-state index in [0.717, 1.165) is 47.1 Å². The minimum absolute atomic E-state index is 0.0448. The molecule has 4 N–H and O–H groups in total. The van der Waals surface area contributed by atoms with Crippen LogP contribution in [0.15, 0.2) is 36.4 Å². The number of nitrogens with zero attached hydrogens (tertiary/aromatic N) is 2. The van der Waals surface area contributed by atoms with Gasteiger partial charge >= 0.3 is 0 Å². The molecule has 30 heavy (non-hydrogen) atoms. The van der Waals surface area contributed by atoms with Gasteiger partial charge in [-0.3, -0.25) is 0 Å². The molecule has 8 heteroatoms. The molecule has 1 aliphatic heterocycles. The van der Waals surface area contributed by atoms with Crippen LogP contribution >= 0.6 is 0 Å². The van der Waals surface area contributed by atoms with E-state index >= 15 is 0 Å². The molecule has 1 aliphatic rings. The number of hydrogen-bond donors (Lipinski definition) is 4. The first-order chi connectivity index (χ1) is 14.5. The Morgan fingerprint density at radius 1 is 0.767 bits per heavy atom. The summed E-state index contributed by atoms with van der Waals surface area (Å²) in [7, 11) is 2.96. The van der Waals surface area contributed by atoms with Crippen LogP contribution in [0.2, 0.25) is 0 Å². The number of nitrogens with one attached hydrogen (secondary N) is 2. The molecule has 0 radical (unpaired) electrons. The van der Waals surface area contributed by atoms with Gasteiger partial charge in [-0.2, -0.15) is 10.5 Å². The number of rotatable bonds is 6. The molecule has 0 amide bonds. The van der Waals surface area contributed by atoms with Gasteiger partial charge in [0.15, 0.2) is 23.0 Å². The van der Waals surface area contributed by atoms with E-state index in [0.29, 0.717) is 11.5 Å². The van der Waals surface area contributed by atoms with E-state index in [1.165, 1.54) is 14.2 Å². The van der Waals surface area contributed by atoms with Crippen LogP contribution in [0.1, 0.15) is 23.2 Å². The van der Waals surface area contributed by atoms with Gasteiger partial charge in [-0.1, -0.05) is 0 Å². The second-order valence-electron chi connectivity index (χ2n) is 7.30. The quantitative estimate of drug-likeness (QED) is 0.521. The predicted octanol–water partition coefficient (Wildman–Crippen LogP) is -0.272. The smallest absolute Gasteiger partial charge is 0.201 e. The zero-order chi connectivity index (χ0) is 21.7. The third kappa shape index (κ3) is 4.25. The fourth-order valence-electron chi connectivity index (χ4n) is 4.02. The zero-order valence-electron chi connectivity index (χ0n) is 17.1. The van der Waals surface area contributed by atoms with Crippen molar-refractivity contribution in [3.05, 3.63) is 47.5 Å². The molecule has 0 aromatic heterocycles. The number of quaternary nitrogens is 2. The minimum Gasteiger partial charge on any atom is -0.504 e. The summed E-state index contributed by atoms with van der Waals surface area (Å²) in [6, 6.07) is 14.0. The Hall–Kier alpha value is -3.46. The summed E-state index contributed by atoms with van der Waals surface area (Å²) in [4.78, 5) is 2.24. The number of ether oxygens (including phenoxy) is 2. The van der Waals surface area contributed by atoms with Crippen molar-refractivity contribution in [1.82, 2.24) is 0 Å². The lowest BCUT2D eigenvalue weighted by molar-refractivity contribution is -1.03. The van der Waals surface area contributed by atoms with Crippen molar-refractivity contribution in [2.24, 2.45) is 0 Å². The van der Waals surface area contributed by atoms with Crippen molar-refractivity contribution in [2.75, 3.05) is 40.4 Å². The lowest BCUT2D eigenvalue weighted by Crippen LogP contribution is -3.28. The Kier molecular flexibility index (Phi) is 6.63. The number of phenolic OH excluding ortho intramolecular Hbond substituents is 2. The van der Waals surface area contributed by atoms with E-state index < -0.39 is 0 Å². The van der Waals surface area contributed by atoms with E-state index in [-0.39, 0.29) is 23.6 Å². The van der Waals surface area contributed by atoms with Gasteiger partial charge < -0.3 is 29.5 Å². The number of methoxy groups -OCH3 is 2. The largest absolute Gasteiger partial charge is 0.504 e. The van der Waals surface area contributed by atoms with Crippen LogP contribution in [-0.4, -0.2) is 50.6 Å². The minimum atomic E-state index is -0.379. The molecule has 0 saturated carbocycles. The van der Waals surface area contributed by atoms with Crippen LogP contribution < -0.4 is 19.3 Å². The summed E-state index contributed by atoms with van der Waals surface area (Å²) in [6.45, 7) is 2.91. The Bertz CT molecular complexity index is 895. The second kappa shape index (κ2) is 9.36. The van der Waals surface area contributed by atoms with Gasteiger partial charge in [0.2, 0.25) is 12.1 Å². The van der Waals surface area contributed by atoms with Gasteiger partial charge in [-0.25, -0.2) is 0 Å². The highest BCUT2D eigenvalue weighted by atomic mass is 16.5. The molecule has 0 aliphatic carbocycles. The highest BCUT2D eigenvalue weighted by Crippen LogP contribution is 2.29. The number of hydrogen-bond acceptors (Lipinski definition) is 6. The van der Waals surface area contributed by atoms with Crippen molar-refractivity contribution in [1.29, 1.82) is 10.5 Å². The molecule has 2 aromatic rings. The van der Waals surface area contributed by atoms with Gasteiger partial charge in [-0.05, 0) is 36.4 Å². The van der Waals surface area contributed by atoms with Crippen molar-refractivity contribution < 1.29 is 29.5 Å². The molecular formula is C22H26N4O4+2. The molecular weight excluding hydrogens is 384 g/mol. The summed E-state index contributed by atoms with van der Waals surface area (Å²) in [6.07, 6.45) is 0. The Morgan fingerprint density at radius 2 is 1.13 bits per heavy atom. The average Bonchev–Trinajstić information content (AvgIpc) is 2.77. The summed E-state index contributed by atoms with van der Waals surface area (Å²) in [5.74, 6) is 0.788. The molecule has 8 nitrogen and oxygen atoms in total. The Morgan fingerprint density at radius 3 is 1.43 bits per heavy atom. The summed E-state index contributed by atoms with van der Waals surface area (Å²) >= 11 is 0. The van der Waals surface area contributed by atoms with E-state index in [9.17, 15) is 20.7 Å². The normalized spacial score (nSPS) is 20.4. The standard InChI is InChI=1S/C22H24N4O4/c1-29-21-11-15(3-5-19(21)27)17(13-23)25-7-9-26(10-8-25)18(14-24)16-4-6-20(28)22(12-16)30-2/h3-6,11-12,17-18,27-28H,7-10H2,1-2H3/p+2. The Labute approximate surface area is 175 Å². The SMILES string of the molecule is COc1cc(C(C#N)[NH+]2CC[NH+](C(C#N)c3ccc(O)c(OC)c3)CC2)ccc1O. The number of phenols is 2. The number of aromatic hydroxyl groups is 2. The van der Waals surface area contributed by atoms with Gasteiger partial charge in [0.25, 0.3) is 0 Å². The maximum atomic E-state index is 9.81. The van der Waals surface area contributed by atoms with Crippen LogP contribution in [0.5, 0.6) is 23.0 Å². The van der Waals surface area contributed by atoms with Gasteiger partial charge in [-0.15, -0.1) is 0 Å².